The highest BCUT2D eigenvalue weighted by atomic mass is 16.2. The zero-order valence-corrected chi connectivity index (χ0v) is 16.0. The molecule has 0 saturated heterocycles. The lowest BCUT2D eigenvalue weighted by Crippen LogP contribution is -2.36. The summed E-state index contributed by atoms with van der Waals surface area (Å²) in [7, 11) is 1.66. The Bertz CT molecular complexity index is 969. The van der Waals surface area contributed by atoms with Crippen molar-refractivity contribution in [2.24, 2.45) is 0 Å². The van der Waals surface area contributed by atoms with Crippen LogP contribution < -0.4 is 5.32 Å². The predicted molar refractivity (Wildman–Crippen MR) is 110 cm³/mol. The zero-order valence-electron chi connectivity index (χ0n) is 16.0. The van der Waals surface area contributed by atoms with Gasteiger partial charge in [-0.15, -0.1) is 0 Å². The second kappa shape index (κ2) is 8.04. The van der Waals surface area contributed by atoms with Gasteiger partial charge in [-0.25, -0.2) is 0 Å². The Kier molecular flexibility index (Phi) is 5.55. The standard InChI is InChI=1S/C23H24N2O2/c1-16-8-6-9-17(2)23(16)24-21(26)15-25(3)22(27)14-19-12-7-11-18-10-4-5-13-20(18)19/h4-13H,14-15H2,1-3H3,(H,24,26). The molecule has 0 aromatic heterocycles. The Hall–Kier alpha value is -3.14. The lowest BCUT2D eigenvalue weighted by atomic mass is 10.0. The summed E-state index contributed by atoms with van der Waals surface area (Å²) in [5.74, 6) is -0.274. The van der Waals surface area contributed by atoms with Crippen LogP contribution in [0.1, 0.15) is 16.7 Å². The SMILES string of the molecule is Cc1cccc(C)c1NC(=O)CN(C)C(=O)Cc1cccc2ccccc12. The van der Waals surface area contributed by atoms with Gasteiger partial charge in [-0.1, -0.05) is 60.7 Å². The van der Waals surface area contributed by atoms with Crippen molar-refractivity contribution >= 4 is 28.3 Å². The van der Waals surface area contributed by atoms with Crippen molar-refractivity contribution in [2.45, 2.75) is 20.3 Å². The first-order valence-electron chi connectivity index (χ1n) is 9.02. The third-order valence-electron chi connectivity index (χ3n) is 4.77. The Morgan fingerprint density at radius 1 is 0.889 bits per heavy atom. The highest BCUT2D eigenvalue weighted by Crippen LogP contribution is 2.20. The number of anilines is 1. The normalized spacial score (nSPS) is 10.6. The lowest BCUT2D eigenvalue weighted by Gasteiger charge is -2.18. The molecule has 27 heavy (non-hydrogen) atoms. The number of amides is 2. The van der Waals surface area contributed by atoms with Gasteiger partial charge in [0.05, 0.1) is 13.0 Å². The molecule has 0 aliphatic carbocycles. The molecule has 4 heteroatoms. The van der Waals surface area contributed by atoms with Gasteiger partial charge in [-0.2, -0.15) is 0 Å². The molecule has 4 nitrogen and oxygen atoms in total. The molecule has 0 aliphatic rings. The first kappa shape index (κ1) is 18.6. The van der Waals surface area contributed by atoms with Crippen molar-refractivity contribution in [1.29, 1.82) is 0 Å². The molecule has 0 saturated carbocycles. The number of likely N-dealkylation sites (N-methyl/N-ethyl adjacent to an activating group) is 1. The maximum atomic E-state index is 12.6. The molecule has 3 aromatic rings. The first-order valence-corrected chi connectivity index (χ1v) is 9.02. The smallest absolute Gasteiger partial charge is 0.243 e. The van der Waals surface area contributed by atoms with Crippen LogP contribution in [0.2, 0.25) is 0 Å². The lowest BCUT2D eigenvalue weighted by molar-refractivity contribution is -0.132. The summed E-state index contributed by atoms with van der Waals surface area (Å²) in [4.78, 5) is 26.5. The largest absolute Gasteiger partial charge is 0.336 e. The molecule has 0 bridgehead atoms. The molecule has 0 heterocycles. The van der Waals surface area contributed by atoms with Crippen molar-refractivity contribution in [2.75, 3.05) is 18.9 Å². The fourth-order valence-corrected chi connectivity index (χ4v) is 3.24. The van der Waals surface area contributed by atoms with E-state index in [1.807, 2.05) is 74.5 Å². The number of hydrogen-bond donors (Lipinski definition) is 1. The third-order valence-corrected chi connectivity index (χ3v) is 4.77. The minimum atomic E-state index is -0.193. The van der Waals surface area contributed by atoms with Gasteiger partial charge >= 0.3 is 0 Å². The second-order valence-electron chi connectivity index (χ2n) is 6.88. The van der Waals surface area contributed by atoms with E-state index in [1.54, 1.807) is 7.05 Å². The molecule has 2 amide bonds. The van der Waals surface area contributed by atoms with Gasteiger partial charge in [-0.05, 0) is 41.3 Å². The Morgan fingerprint density at radius 2 is 1.52 bits per heavy atom. The number of hydrogen-bond acceptors (Lipinski definition) is 2. The van der Waals surface area contributed by atoms with E-state index in [-0.39, 0.29) is 24.8 Å². The van der Waals surface area contributed by atoms with Crippen molar-refractivity contribution in [1.82, 2.24) is 4.90 Å². The Labute approximate surface area is 159 Å². The Balaban J connectivity index is 1.66. The van der Waals surface area contributed by atoms with Gasteiger partial charge in [-0.3, -0.25) is 9.59 Å². The molecule has 138 valence electrons. The molecule has 0 unspecified atom stereocenters. The van der Waals surface area contributed by atoms with E-state index < -0.39 is 0 Å². The summed E-state index contributed by atoms with van der Waals surface area (Å²) in [6, 6.07) is 19.8. The number of nitrogens with zero attached hydrogens (tertiary/aromatic N) is 1. The summed E-state index contributed by atoms with van der Waals surface area (Å²) in [5, 5.41) is 5.11. The number of aryl methyl sites for hydroxylation is 2. The average molecular weight is 360 g/mol. The summed E-state index contributed by atoms with van der Waals surface area (Å²) < 4.78 is 0. The van der Waals surface area contributed by atoms with Crippen LogP contribution in [0.25, 0.3) is 10.8 Å². The maximum absolute atomic E-state index is 12.6. The van der Waals surface area contributed by atoms with E-state index in [0.717, 1.165) is 33.2 Å². The van der Waals surface area contributed by atoms with Gasteiger partial charge in [0.15, 0.2) is 0 Å². The number of para-hydroxylation sites is 1. The number of nitrogens with one attached hydrogen (secondary N) is 1. The quantitative estimate of drug-likeness (QED) is 0.745. The summed E-state index contributed by atoms with van der Waals surface area (Å²) in [6.07, 6.45) is 0.272. The van der Waals surface area contributed by atoms with Crippen LogP contribution in [0, 0.1) is 13.8 Å². The fourth-order valence-electron chi connectivity index (χ4n) is 3.24. The van der Waals surface area contributed by atoms with Crippen LogP contribution in [-0.2, 0) is 16.0 Å². The van der Waals surface area contributed by atoms with Crippen molar-refractivity contribution in [3.05, 3.63) is 77.4 Å². The van der Waals surface area contributed by atoms with Crippen LogP contribution in [0.15, 0.2) is 60.7 Å². The molecule has 0 atom stereocenters. The van der Waals surface area contributed by atoms with E-state index in [1.165, 1.54) is 4.90 Å². The number of carbonyl (C=O) groups excluding carboxylic acids is 2. The van der Waals surface area contributed by atoms with Gasteiger partial charge in [0, 0.05) is 12.7 Å². The summed E-state index contributed by atoms with van der Waals surface area (Å²) in [6.45, 7) is 3.94. The van der Waals surface area contributed by atoms with Crippen molar-refractivity contribution in [3.63, 3.8) is 0 Å². The predicted octanol–water partition coefficient (Wildman–Crippen LogP) is 4.10. The molecule has 0 radical (unpaired) electrons. The van der Waals surface area contributed by atoms with Crippen LogP contribution in [-0.4, -0.2) is 30.3 Å². The average Bonchev–Trinajstić information content (AvgIpc) is 2.65. The van der Waals surface area contributed by atoms with Crippen LogP contribution >= 0.6 is 0 Å². The zero-order chi connectivity index (χ0) is 19.4. The van der Waals surface area contributed by atoms with E-state index in [9.17, 15) is 9.59 Å². The van der Waals surface area contributed by atoms with Crippen molar-refractivity contribution < 1.29 is 9.59 Å². The summed E-state index contributed by atoms with van der Waals surface area (Å²) >= 11 is 0. The van der Waals surface area contributed by atoms with Gasteiger partial charge in [0.2, 0.25) is 11.8 Å². The van der Waals surface area contributed by atoms with Crippen molar-refractivity contribution in [3.8, 4) is 0 Å². The third kappa shape index (κ3) is 4.34. The molecule has 0 spiro atoms. The van der Waals surface area contributed by atoms with Gasteiger partial charge in [0.25, 0.3) is 0 Å². The maximum Gasteiger partial charge on any atom is 0.243 e. The molecule has 0 fully saturated rings. The number of rotatable bonds is 5. The van der Waals surface area contributed by atoms with Crippen LogP contribution in [0.3, 0.4) is 0 Å². The van der Waals surface area contributed by atoms with E-state index in [0.29, 0.717) is 0 Å². The first-order chi connectivity index (χ1) is 13.0. The van der Waals surface area contributed by atoms with E-state index >= 15 is 0 Å². The fraction of sp³-hybridized carbons (Fsp3) is 0.217. The van der Waals surface area contributed by atoms with Crippen LogP contribution in [0.5, 0.6) is 0 Å². The number of fused-ring (bicyclic) bond motifs is 1. The minimum Gasteiger partial charge on any atom is -0.336 e. The van der Waals surface area contributed by atoms with Crippen LogP contribution in [0.4, 0.5) is 5.69 Å². The van der Waals surface area contributed by atoms with Gasteiger partial charge < -0.3 is 10.2 Å². The molecular weight excluding hydrogens is 336 g/mol. The van der Waals surface area contributed by atoms with E-state index in [4.69, 9.17) is 0 Å². The highest BCUT2D eigenvalue weighted by Gasteiger charge is 2.16. The van der Waals surface area contributed by atoms with Gasteiger partial charge in [0.1, 0.15) is 0 Å². The molecule has 3 rings (SSSR count). The summed E-state index contributed by atoms with van der Waals surface area (Å²) in [5.41, 5.74) is 3.80. The molecular formula is C23H24N2O2. The molecule has 3 aromatic carbocycles. The Morgan fingerprint density at radius 3 is 2.26 bits per heavy atom. The topological polar surface area (TPSA) is 49.4 Å². The highest BCUT2D eigenvalue weighted by molar-refractivity contribution is 5.96. The molecule has 1 N–H and O–H groups in total. The second-order valence-corrected chi connectivity index (χ2v) is 6.88. The monoisotopic (exact) mass is 360 g/mol. The minimum absolute atomic E-state index is 0.0252. The number of carbonyl (C=O) groups is 2. The molecule has 0 aliphatic heterocycles. The van der Waals surface area contributed by atoms with E-state index in [2.05, 4.69) is 5.32 Å². The number of benzene rings is 3.